The van der Waals surface area contributed by atoms with E-state index in [1.165, 1.54) is 30.5 Å². The minimum absolute atomic E-state index is 0.163. The molecule has 0 heterocycles. The number of carbonyl (C=O) groups is 3. The van der Waals surface area contributed by atoms with Gasteiger partial charge in [0.15, 0.2) is 0 Å². The molecule has 34 heavy (non-hydrogen) atoms. The number of halogens is 2. The van der Waals surface area contributed by atoms with Crippen LogP contribution < -0.4 is 20.2 Å². The highest BCUT2D eigenvalue weighted by atomic mass is 35.5. The number of nitrogens with one attached hydrogen (secondary N) is 2. The number of hydrazone groups is 1. The Kier molecular flexibility index (Phi) is 8.61. The standard InChI is InChI=1S/C24H19Cl2N3O5/c1-2-33-18-9-7-17(8-10-18)28-22(30)23(31)29-27-14-15-4-3-5-19(12-15)34-24(32)20-11-6-16(25)13-21(20)26/h3-14H,2H2,1H3,(H,28,30)(H,29,31)/b27-14-. The van der Waals surface area contributed by atoms with Crippen LogP contribution in [-0.4, -0.2) is 30.6 Å². The Morgan fingerprint density at radius 2 is 1.71 bits per heavy atom. The molecular formula is C24H19Cl2N3O5. The lowest BCUT2D eigenvalue weighted by atomic mass is 10.2. The first-order chi connectivity index (χ1) is 16.4. The van der Waals surface area contributed by atoms with Crippen molar-refractivity contribution < 1.29 is 23.9 Å². The number of anilines is 1. The molecular weight excluding hydrogens is 481 g/mol. The lowest BCUT2D eigenvalue weighted by Gasteiger charge is -2.07. The number of hydrogen-bond donors (Lipinski definition) is 2. The van der Waals surface area contributed by atoms with Crippen LogP contribution in [0.4, 0.5) is 5.69 Å². The van der Waals surface area contributed by atoms with Crippen molar-refractivity contribution in [2.45, 2.75) is 6.92 Å². The molecule has 0 aliphatic heterocycles. The van der Waals surface area contributed by atoms with E-state index in [1.54, 1.807) is 42.5 Å². The normalized spacial score (nSPS) is 10.6. The van der Waals surface area contributed by atoms with Gasteiger partial charge >= 0.3 is 17.8 Å². The van der Waals surface area contributed by atoms with Gasteiger partial charge in [0.1, 0.15) is 11.5 Å². The van der Waals surface area contributed by atoms with E-state index >= 15 is 0 Å². The lowest BCUT2D eigenvalue weighted by Crippen LogP contribution is -2.32. The van der Waals surface area contributed by atoms with Crippen LogP contribution in [0.3, 0.4) is 0 Å². The fourth-order valence-electron chi connectivity index (χ4n) is 2.68. The largest absolute Gasteiger partial charge is 0.494 e. The van der Waals surface area contributed by atoms with Gasteiger partial charge in [-0.1, -0.05) is 35.3 Å². The topological polar surface area (TPSA) is 106 Å². The molecule has 8 nitrogen and oxygen atoms in total. The van der Waals surface area contributed by atoms with Crippen molar-refractivity contribution in [2.75, 3.05) is 11.9 Å². The molecule has 0 aliphatic rings. The van der Waals surface area contributed by atoms with Crippen LogP contribution in [0.1, 0.15) is 22.8 Å². The minimum atomic E-state index is -0.954. The third-order valence-corrected chi connectivity index (χ3v) is 4.78. The molecule has 0 fully saturated rings. The average molecular weight is 500 g/mol. The zero-order valence-corrected chi connectivity index (χ0v) is 19.4. The maximum absolute atomic E-state index is 12.3. The van der Waals surface area contributed by atoms with Gasteiger partial charge in [0.2, 0.25) is 0 Å². The molecule has 0 unspecified atom stereocenters. The van der Waals surface area contributed by atoms with Crippen LogP contribution in [0.15, 0.2) is 71.8 Å². The maximum atomic E-state index is 12.3. The van der Waals surface area contributed by atoms with Gasteiger partial charge in [-0.15, -0.1) is 0 Å². The summed E-state index contributed by atoms with van der Waals surface area (Å²) in [4.78, 5) is 36.3. The molecule has 2 N–H and O–H groups in total. The Balaban J connectivity index is 1.55. The Bertz CT molecular complexity index is 1230. The number of carbonyl (C=O) groups excluding carboxylic acids is 3. The third kappa shape index (κ3) is 7.06. The summed E-state index contributed by atoms with van der Waals surface area (Å²) < 4.78 is 10.6. The molecule has 0 aliphatic carbocycles. The SMILES string of the molecule is CCOc1ccc(NC(=O)C(=O)N/N=C\c2cccc(OC(=O)c3ccc(Cl)cc3Cl)c2)cc1. The van der Waals surface area contributed by atoms with Gasteiger partial charge in [-0.3, -0.25) is 9.59 Å². The van der Waals surface area contributed by atoms with Crippen LogP contribution in [0.2, 0.25) is 10.0 Å². The van der Waals surface area contributed by atoms with Crippen LogP contribution in [-0.2, 0) is 9.59 Å². The number of rotatable bonds is 7. The van der Waals surface area contributed by atoms with Crippen LogP contribution >= 0.6 is 23.2 Å². The first kappa shape index (κ1) is 24.8. The van der Waals surface area contributed by atoms with Crippen molar-refractivity contribution >= 4 is 52.9 Å². The summed E-state index contributed by atoms with van der Waals surface area (Å²) in [5, 5.41) is 6.79. The zero-order valence-electron chi connectivity index (χ0n) is 17.9. The summed E-state index contributed by atoms with van der Waals surface area (Å²) in [6.07, 6.45) is 1.30. The smallest absolute Gasteiger partial charge is 0.345 e. The summed E-state index contributed by atoms with van der Waals surface area (Å²) >= 11 is 11.9. The molecule has 0 radical (unpaired) electrons. The number of benzene rings is 3. The number of nitrogens with zero attached hydrogens (tertiary/aromatic N) is 1. The second-order valence-electron chi connectivity index (χ2n) is 6.70. The summed E-state index contributed by atoms with van der Waals surface area (Å²) in [5.41, 5.74) is 3.25. The Labute approximate surface area is 205 Å². The van der Waals surface area contributed by atoms with Crippen molar-refractivity contribution in [3.05, 3.63) is 87.9 Å². The monoisotopic (exact) mass is 499 g/mol. The van der Waals surface area contributed by atoms with Gasteiger partial charge in [0, 0.05) is 10.7 Å². The molecule has 0 saturated carbocycles. The predicted octanol–water partition coefficient (Wildman–Crippen LogP) is 4.70. The highest BCUT2D eigenvalue weighted by Crippen LogP contribution is 2.23. The number of ether oxygens (including phenoxy) is 2. The zero-order chi connectivity index (χ0) is 24.5. The quantitative estimate of drug-likeness (QED) is 0.161. The molecule has 2 amide bonds. The number of esters is 1. The van der Waals surface area contributed by atoms with Gasteiger partial charge in [-0.25, -0.2) is 10.2 Å². The van der Waals surface area contributed by atoms with Crippen LogP contribution in [0.5, 0.6) is 11.5 Å². The predicted molar refractivity (Wildman–Crippen MR) is 130 cm³/mol. The molecule has 0 saturated heterocycles. The second-order valence-corrected chi connectivity index (χ2v) is 7.54. The minimum Gasteiger partial charge on any atom is -0.494 e. The lowest BCUT2D eigenvalue weighted by molar-refractivity contribution is -0.136. The molecule has 3 rings (SSSR count). The fraction of sp³-hybridized carbons (Fsp3) is 0.0833. The van der Waals surface area contributed by atoms with E-state index in [0.29, 0.717) is 28.6 Å². The van der Waals surface area contributed by atoms with Crippen molar-refractivity contribution in [2.24, 2.45) is 5.10 Å². The van der Waals surface area contributed by atoms with Gasteiger partial charge in [0.25, 0.3) is 0 Å². The molecule has 3 aromatic carbocycles. The van der Waals surface area contributed by atoms with Crippen molar-refractivity contribution in [3.8, 4) is 11.5 Å². The maximum Gasteiger partial charge on any atom is 0.345 e. The van der Waals surface area contributed by atoms with Gasteiger partial charge in [-0.2, -0.15) is 5.10 Å². The van der Waals surface area contributed by atoms with Crippen LogP contribution in [0, 0.1) is 0 Å². The highest BCUT2D eigenvalue weighted by Gasteiger charge is 2.14. The summed E-state index contributed by atoms with van der Waals surface area (Å²) in [7, 11) is 0. The molecule has 0 atom stereocenters. The first-order valence-electron chi connectivity index (χ1n) is 10.00. The van der Waals surface area contributed by atoms with Crippen molar-refractivity contribution in [1.29, 1.82) is 0 Å². The second kappa shape index (κ2) is 11.8. The Morgan fingerprint density at radius 3 is 2.41 bits per heavy atom. The van der Waals surface area contributed by atoms with E-state index in [-0.39, 0.29) is 16.3 Å². The van der Waals surface area contributed by atoms with E-state index < -0.39 is 17.8 Å². The van der Waals surface area contributed by atoms with Gasteiger partial charge in [-0.05, 0) is 67.1 Å². The van der Waals surface area contributed by atoms with Crippen LogP contribution in [0.25, 0.3) is 0 Å². The van der Waals surface area contributed by atoms with E-state index in [4.69, 9.17) is 32.7 Å². The third-order valence-electron chi connectivity index (χ3n) is 4.23. The fourth-order valence-corrected chi connectivity index (χ4v) is 3.17. The molecule has 0 aromatic heterocycles. The van der Waals surface area contributed by atoms with Gasteiger partial charge < -0.3 is 14.8 Å². The van der Waals surface area contributed by atoms with E-state index in [9.17, 15) is 14.4 Å². The highest BCUT2D eigenvalue weighted by molar-refractivity contribution is 6.39. The van der Waals surface area contributed by atoms with Crippen molar-refractivity contribution in [3.63, 3.8) is 0 Å². The summed E-state index contributed by atoms with van der Waals surface area (Å²) in [6.45, 7) is 2.38. The molecule has 0 bridgehead atoms. The average Bonchev–Trinajstić information content (AvgIpc) is 2.80. The Morgan fingerprint density at radius 1 is 0.941 bits per heavy atom. The molecule has 0 spiro atoms. The first-order valence-corrected chi connectivity index (χ1v) is 10.8. The van der Waals surface area contributed by atoms with Crippen molar-refractivity contribution in [1.82, 2.24) is 5.43 Å². The summed E-state index contributed by atoms with van der Waals surface area (Å²) in [6, 6.07) is 17.4. The molecule has 174 valence electrons. The van der Waals surface area contributed by atoms with E-state index in [0.717, 1.165) is 0 Å². The molecule has 3 aromatic rings. The van der Waals surface area contributed by atoms with E-state index in [2.05, 4.69) is 15.8 Å². The van der Waals surface area contributed by atoms with Gasteiger partial charge in [0.05, 0.1) is 23.4 Å². The number of amides is 2. The van der Waals surface area contributed by atoms with E-state index in [1.807, 2.05) is 6.92 Å². The molecule has 10 heteroatoms. The summed E-state index contributed by atoms with van der Waals surface area (Å²) in [5.74, 6) is -1.61. The number of hydrogen-bond acceptors (Lipinski definition) is 6. The Hall–Kier alpha value is -3.88.